The molecular formula is C20H26BrN3O. The van der Waals surface area contributed by atoms with Crippen LogP contribution in [0.25, 0.3) is 5.65 Å². The van der Waals surface area contributed by atoms with Crippen LogP contribution in [0.5, 0.6) is 0 Å². The molecule has 4 rings (SSSR count). The number of hydrogen-bond acceptors (Lipinski definition) is 2. The van der Waals surface area contributed by atoms with Crippen LogP contribution >= 0.6 is 15.9 Å². The number of carbonyl (C=O) groups excluding carboxylic acids is 1. The Bertz CT molecular complexity index is 856. The monoisotopic (exact) mass is 403 g/mol. The third kappa shape index (κ3) is 2.80. The molecule has 134 valence electrons. The number of nitrogens with zero attached hydrogens (tertiary/aromatic N) is 3. The lowest BCUT2D eigenvalue weighted by molar-refractivity contribution is 0.0700. The van der Waals surface area contributed by atoms with Crippen LogP contribution in [0.2, 0.25) is 0 Å². The highest BCUT2D eigenvalue weighted by molar-refractivity contribution is 9.10. The minimum atomic E-state index is 0.147. The molecule has 2 aromatic rings. The van der Waals surface area contributed by atoms with Crippen LogP contribution in [0.3, 0.4) is 0 Å². The van der Waals surface area contributed by atoms with E-state index in [1.807, 2.05) is 22.7 Å². The van der Waals surface area contributed by atoms with Gasteiger partial charge in [-0.1, -0.05) is 27.7 Å². The van der Waals surface area contributed by atoms with Gasteiger partial charge in [-0.2, -0.15) is 0 Å². The summed E-state index contributed by atoms with van der Waals surface area (Å²) < 4.78 is 2.92. The van der Waals surface area contributed by atoms with Gasteiger partial charge in [-0.3, -0.25) is 9.20 Å². The molecule has 5 heteroatoms. The van der Waals surface area contributed by atoms with Crippen molar-refractivity contribution in [3.05, 3.63) is 34.2 Å². The average molecular weight is 404 g/mol. The van der Waals surface area contributed by atoms with E-state index in [-0.39, 0.29) is 11.3 Å². The molecular weight excluding hydrogens is 378 g/mol. The Morgan fingerprint density at radius 1 is 1.32 bits per heavy atom. The van der Waals surface area contributed by atoms with Gasteiger partial charge in [0.2, 0.25) is 0 Å². The first-order valence-electron chi connectivity index (χ1n) is 9.19. The summed E-state index contributed by atoms with van der Waals surface area (Å²) in [6.07, 6.45) is 6.14. The second-order valence-corrected chi connectivity index (χ2v) is 9.90. The number of amides is 1. The highest BCUT2D eigenvalue weighted by Crippen LogP contribution is 2.52. The number of halogens is 1. The van der Waals surface area contributed by atoms with E-state index in [4.69, 9.17) is 4.98 Å². The molecule has 2 aromatic heterocycles. The Labute approximate surface area is 157 Å². The number of aromatic nitrogens is 2. The van der Waals surface area contributed by atoms with Crippen LogP contribution in [0.15, 0.2) is 22.8 Å². The molecule has 2 aliphatic rings. The van der Waals surface area contributed by atoms with Gasteiger partial charge < -0.3 is 4.90 Å². The summed E-state index contributed by atoms with van der Waals surface area (Å²) in [5, 5.41) is 0. The van der Waals surface area contributed by atoms with Gasteiger partial charge in [-0.15, -0.1) is 0 Å². The quantitative estimate of drug-likeness (QED) is 0.728. The second-order valence-electron chi connectivity index (χ2n) is 8.98. The van der Waals surface area contributed by atoms with E-state index in [2.05, 4.69) is 48.5 Å². The van der Waals surface area contributed by atoms with Crippen LogP contribution in [-0.4, -0.2) is 32.8 Å². The van der Waals surface area contributed by atoms with Crippen molar-refractivity contribution in [2.45, 2.75) is 59.4 Å². The molecule has 1 aliphatic heterocycles. The number of hydrogen-bond donors (Lipinski definition) is 0. The van der Waals surface area contributed by atoms with Crippen molar-refractivity contribution in [2.75, 3.05) is 6.54 Å². The van der Waals surface area contributed by atoms with Crippen molar-refractivity contribution in [1.29, 1.82) is 0 Å². The third-order valence-electron chi connectivity index (χ3n) is 5.87. The molecule has 0 radical (unpaired) electrons. The number of aryl methyl sites for hydroxylation is 1. The van der Waals surface area contributed by atoms with E-state index in [1.165, 1.54) is 6.42 Å². The predicted molar refractivity (Wildman–Crippen MR) is 103 cm³/mol. The van der Waals surface area contributed by atoms with Crippen molar-refractivity contribution in [2.24, 2.45) is 10.8 Å². The average Bonchev–Trinajstić information content (AvgIpc) is 2.99. The largest absolute Gasteiger partial charge is 0.334 e. The zero-order valence-electron chi connectivity index (χ0n) is 15.5. The summed E-state index contributed by atoms with van der Waals surface area (Å²) in [6.45, 7) is 9.97. The zero-order valence-corrected chi connectivity index (χ0v) is 17.1. The Morgan fingerprint density at radius 2 is 2.08 bits per heavy atom. The lowest BCUT2D eigenvalue weighted by atomic mass is 9.65. The summed E-state index contributed by atoms with van der Waals surface area (Å²) in [6, 6.07) is 4.29. The van der Waals surface area contributed by atoms with Gasteiger partial charge in [-0.25, -0.2) is 4.98 Å². The fourth-order valence-electron chi connectivity index (χ4n) is 5.37. The molecule has 4 nitrogen and oxygen atoms in total. The number of rotatable bonds is 2. The molecule has 1 aliphatic carbocycles. The van der Waals surface area contributed by atoms with Crippen LogP contribution in [0.1, 0.15) is 63.1 Å². The number of pyridine rings is 1. The molecule has 3 heterocycles. The van der Waals surface area contributed by atoms with E-state index in [0.29, 0.717) is 11.5 Å². The van der Waals surface area contributed by atoms with Gasteiger partial charge in [-0.05, 0) is 64.6 Å². The molecule has 2 bridgehead atoms. The van der Waals surface area contributed by atoms with Crippen LogP contribution < -0.4 is 0 Å². The highest BCUT2D eigenvalue weighted by Gasteiger charge is 2.51. The van der Waals surface area contributed by atoms with E-state index in [1.54, 1.807) is 0 Å². The molecule has 1 saturated carbocycles. The zero-order chi connectivity index (χ0) is 18.0. The van der Waals surface area contributed by atoms with E-state index in [9.17, 15) is 4.79 Å². The Morgan fingerprint density at radius 3 is 2.80 bits per heavy atom. The normalized spacial score (nSPS) is 27.9. The van der Waals surface area contributed by atoms with Crippen molar-refractivity contribution in [3.63, 3.8) is 0 Å². The molecule has 0 spiro atoms. The van der Waals surface area contributed by atoms with Gasteiger partial charge in [0.25, 0.3) is 5.91 Å². The first-order chi connectivity index (χ1) is 11.7. The molecule has 1 saturated heterocycles. The Kier molecular flexibility index (Phi) is 3.80. The lowest BCUT2D eigenvalue weighted by Gasteiger charge is -2.39. The minimum absolute atomic E-state index is 0.147. The van der Waals surface area contributed by atoms with E-state index < -0.39 is 0 Å². The first kappa shape index (κ1) is 17.1. The van der Waals surface area contributed by atoms with Gasteiger partial charge >= 0.3 is 0 Å². The summed E-state index contributed by atoms with van der Waals surface area (Å²) >= 11 is 3.53. The summed E-state index contributed by atoms with van der Waals surface area (Å²) in [4.78, 5) is 20.4. The van der Waals surface area contributed by atoms with Crippen molar-refractivity contribution in [1.82, 2.24) is 14.3 Å². The molecule has 2 unspecified atom stereocenters. The van der Waals surface area contributed by atoms with Crippen LogP contribution in [-0.2, 0) is 6.42 Å². The smallest absolute Gasteiger partial charge is 0.273 e. The standard InChI is InChI=1S/C20H26BrN3O/c1-5-15-17(23-10-13(21)6-7-16(23)22-15)18(25)24-12-20(4)9-14(24)8-19(2,3)11-20/h6-7,10,14H,5,8-9,11-12H2,1-4H3. The maximum atomic E-state index is 13.6. The van der Waals surface area contributed by atoms with Gasteiger partial charge in [0.15, 0.2) is 0 Å². The summed E-state index contributed by atoms with van der Waals surface area (Å²) in [5.41, 5.74) is 3.04. The van der Waals surface area contributed by atoms with E-state index >= 15 is 0 Å². The number of carbonyl (C=O) groups is 1. The predicted octanol–water partition coefficient (Wildman–Crippen LogP) is 4.70. The van der Waals surface area contributed by atoms with Crippen molar-refractivity contribution < 1.29 is 4.79 Å². The number of fused-ring (bicyclic) bond motifs is 3. The van der Waals surface area contributed by atoms with E-state index in [0.717, 1.165) is 47.3 Å². The maximum Gasteiger partial charge on any atom is 0.273 e. The SMILES string of the molecule is CCc1nc2ccc(Br)cn2c1C(=O)N1CC2(C)CC1CC(C)(C)C2. The number of imidazole rings is 1. The molecule has 25 heavy (non-hydrogen) atoms. The molecule has 0 N–H and O–H groups in total. The molecule has 1 amide bonds. The number of likely N-dealkylation sites (tertiary alicyclic amines) is 1. The van der Waals surface area contributed by atoms with Gasteiger partial charge in [0.1, 0.15) is 11.3 Å². The first-order valence-corrected chi connectivity index (χ1v) is 9.98. The lowest BCUT2D eigenvalue weighted by Crippen LogP contribution is -2.38. The molecule has 0 aromatic carbocycles. The molecule has 2 atom stereocenters. The van der Waals surface area contributed by atoms with Gasteiger partial charge in [0.05, 0.1) is 5.69 Å². The minimum Gasteiger partial charge on any atom is -0.334 e. The van der Waals surface area contributed by atoms with Crippen molar-refractivity contribution in [3.8, 4) is 0 Å². The Balaban J connectivity index is 1.77. The summed E-state index contributed by atoms with van der Waals surface area (Å²) in [7, 11) is 0. The summed E-state index contributed by atoms with van der Waals surface area (Å²) in [5.74, 6) is 0.147. The Hall–Kier alpha value is -1.36. The van der Waals surface area contributed by atoms with Gasteiger partial charge in [0, 0.05) is 23.3 Å². The highest BCUT2D eigenvalue weighted by atomic mass is 79.9. The molecule has 2 fully saturated rings. The maximum absolute atomic E-state index is 13.6. The van der Waals surface area contributed by atoms with Crippen LogP contribution in [0.4, 0.5) is 0 Å². The van der Waals surface area contributed by atoms with Crippen LogP contribution in [0, 0.1) is 10.8 Å². The fraction of sp³-hybridized carbons (Fsp3) is 0.600. The van der Waals surface area contributed by atoms with Crippen molar-refractivity contribution >= 4 is 27.5 Å². The second kappa shape index (κ2) is 5.57. The topological polar surface area (TPSA) is 37.6 Å². The third-order valence-corrected chi connectivity index (χ3v) is 6.34. The fourth-order valence-corrected chi connectivity index (χ4v) is 5.71.